The molecule has 1 aromatic carbocycles. The average Bonchev–Trinajstić information content (AvgIpc) is 3.20. The highest BCUT2D eigenvalue weighted by Crippen LogP contribution is 2.66. The monoisotopic (exact) mass is 407 g/mol. The number of nitriles is 1. The Labute approximate surface area is 165 Å². The first kappa shape index (κ1) is 18.9. The molecule has 2 bridgehead atoms. The van der Waals surface area contributed by atoms with Crippen LogP contribution in [0.2, 0.25) is 0 Å². The molecule has 4 heterocycles. The summed E-state index contributed by atoms with van der Waals surface area (Å²) >= 11 is 0. The van der Waals surface area contributed by atoms with Gasteiger partial charge in [0, 0.05) is 30.0 Å². The lowest BCUT2D eigenvalue weighted by molar-refractivity contribution is -0.148. The van der Waals surface area contributed by atoms with Crippen LogP contribution < -0.4 is 10.6 Å². The molecule has 4 fully saturated rings. The summed E-state index contributed by atoms with van der Waals surface area (Å²) in [6.07, 6.45) is -4.83. The van der Waals surface area contributed by atoms with Gasteiger partial charge in [-0.25, -0.2) is 0 Å². The lowest BCUT2D eigenvalue weighted by atomic mass is 9.59. The summed E-state index contributed by atoms with van der Waals surface area (Å²) in [5, 5.41) is 9.05. The van der Waals surface area contributed by atoms with Crippen LogP contribution in [0.4, 0.5) is 18.9 Å². The Balaban J connectivity index is 1.64. The molecule has 29 heavy (non-hydrogen) atoms. The van der Waals surface area contributed by atoms with E-state index in [1.54, 1.807) is 6.07 Å². The minimum Gasteiger partial charge on any atom is -0.365 e. The van der Waals surface area contributed by atoms with Crippen LogP contribution in [-0.2, 0) is 20.4 Å². The number of benzene rings is 1. The van der Waals surface area contributed by atoms with E-state index < -0.39 is 40.7 Å². The second-order valence-corrected chi connectivity index (χ2v) is 8.62. The van der Waals surface area contributed by atoms with Gasteiger partial charge in [0.05, 0.1) is 40.9 Å². The van der Waals surface area contributed by atoms with Gasteiger partial charge in [0.2, 0.25) is 5.91 Å². The molecule has 2 N–H and O–H groups in total. The van der Waals surface area contributed by atoms with Gasteiger partial charge in [-0.3, -0.25) is 9.69 Å². The quantitative estimate of drug-likeness (QED) is 0.772. The molecule has 6 nitrogen and oxygen atoms in total. The minimum atomic E-state index is -4.71. The highest BCUT2D eigenvalue weighted by molar-refractivity contribution is 6.00. The summed E-state index contributed by atoms with van der Waals surface area (Å²) in [6, 6.07) is 4.54. The third-order valence-corrected chi connectivity index (χ3v) is 7.48. The lowest BCUT2D eigenvalue weighted by Gasteiger charge is -2.46. The first-order chi connectivity index (χ1) is 13.6. The van der Waals surface area contributed by atoms with Crippen LogP contribution in [0.5, 0.6) is 0 Å². The molecule has 1 amide bonds. The summed E-state index contributed by atoms with van der Waals surface area (Å²) in [7, 11) is 0. The van der Waals surface area contributed by atoms with E-state index in [9.17, 15) is 18.0 Å². The molecule has 0 aliphatic carbocycles. The van der Waals surface area contributed by atoms with Crippen molar-refractivity contribution < 1.29 is 27.4 Å². The van der Waals surface area contributed by atoms with Crippen molar-refractivity contribution in [3.05, 3.63) is 29.3 Å². The number of amides is 1. The standard InChI is InChI=1S/C20H20F3N3O3/c1-9-15(25)18(2)13-14-17(28-6-5-19(9,14)29-18)26(16(13)27)11-4-3-10(8-24)12(7-11)20(21,22)23/h3-4,7,9,13-15,17H,5-6,25H2,1-2H3/t9-,13+,14-,15-,17-,18-,19-/m0/s1. The first-order valence-electron chi connectivity index (χ1n) is 9.58. The van der Waals surface area contributed by atoms with Crippen LogP contribution in [0.1, 0.15) is 31.4 Å². The van der Waals surface area contributed by atoms with Crippen molar-refractivity contribution >= 4 is 11.6 Å². The van der Waals surface area contributed by atoms with E-state index in [1.165, 1.54) is 11.0 Å². The molecule has 4 aliphatic rings. The van der Waals surface area contributed by atoms with Gasteiger partial charge >= 0.3 is 6.18 Å². The summed E-state index contributed by atoms with van der Waals surface area (Å²) < 4.78 is 52.7. The summed E-state index contributed by atoms with van der Waals surface area (Å²) in [6.45, 7) is 4.16. The maximum atomic E-state index is 13.5. The highest BCUT2D eigenvalue weighted by atomic mass is 19.4. The molecule has 5 rings (SSSR count). The SMILES string of the molecule is C[C@H]1[C@H](N)[C@@]2(C)O[C@@]13CCO[C@H]1[C@@H]3[C@@H]2C(=O)N1c1ccc(C#N)c(C(F)(F)F)c1. The maximum Gasteiger partial charge on any atom is 0.417 e. The Hall–Kier alpha value is -2.15. The molecule has 0 unspecified atom stereocenters. The highest BCUT2D eigenvalue weighted by Gasteiger charge is 2.79. The van der Waals surface area contributed by atoms with Gasteiger partial charge in [0.1, 0.15) is 6.23 Å². The Morgan fingerprint density at radius 3 is 2.76 bits per heavy atom. The smallest absolute Gasteiger partial charge is 0.365 e. The number of anilines is 1. The topological polar surface area (TPSA) is 88.6 Å². The average molecular weight is 407 g/mol. The number of hydrogen-bond acceptors (Lipinski definition) is 5. The Bertz CT molecular complexity index is 961. The van der Waals surface area contributed by atoms with Gasteiger partial charge in [-0.15, -0.1) is 0 Å². The predicted octanol–water partition coefficient (Wildman–Crippen LogP) is 2.41. The van der Waals surface area contributed by atoms with Crippen molar-refractivity contribution in [2.75, 3.05) is 11.5 Å². The lowest BCUT2D eigenvalue weighted by Crippen LogP contribution is -2.60. The molecular weight excluding hydrogens is 387 g/mol. The van der Waals surface area contributed by atoms with Crippen molar-refractivity contribution in [2.45, 2.75) is 49.9 Å². The van der Waals surface area contributed by atoms with Crippen LogP contribution in [0.15, 0.2) is 18.2 Å². The number of carbonyl (C=O) groups is 1. The number of alkyl halides is 3. The normalized spacial score (nSPS) is 42.9. The fraction of sp³-hybridized carbons (Fsp3) is 0.600. The van der Waals surface area contributed by atoms with Crippen molar-refractivity contribution in [3.8, 4) is 6.07 Å². The van der Waals surface area contributed by atoms with E-state index >= 15 is 0 Å². The van der Waals surface area contributed by atoms with E-state index in [1.807, 2.05) is 13.8 Å². The fourth-order valence-corrected chi connectivity index (χ4v) is 6.14. The van der Waals surface area contributed by atoms with Gasteiger partial charge < -0.3 is 15.2 Å². The van der Waals surface area contributed by atoms with Gasteiger partial charge in [-0.1, -0.05) is 6.92 Å². The van der Waals surface area contributed by atoms with Gasteiger partial charge in [0.15, 0.2) is 0 Å². The number of halogens is 3. The van der Waals surface area contributed by atoms with E-state index in [0.717, 1.165) is 12.1 Å². The second-order valence-electron chi connectivity index (χ2n) is 8.62. The van der Waals surface area contributed by atoms with Crippen LogP contribution >= 0.6 is 0 Å². The molecule has 1 aromatic rings. The number of rotatable bonds is 1. The van der Waals surface area contributed by atoms with Crippen LogP contribution in [0.25, 0.3) is 0 Å². The van der Waals surface area contributed by atoms with Crippen LogP contribution in [-0.4, -0.2) is 36.0 Å². The minimum absolute atomic E-state index is 0.000369. The number of nitrogens with two attached hydrogens (primary N) is 1. The van der Waals surface area contributed by atoms with Crippen LogP contribution in [0, 0.1) is 29.1 Å². The van der Waals surface area contributed by atoms with E-state index in [0.29, 0.717) is 13.0 Å². The molecule has 0 radical (unpaired) electrons. The zero-order chi connectivity index (χ0) is 20.9. The summed E-state index contributed by atoms with van der Waals surface area (Å²) in [4.78, 5) is 14.8. The molecule has 154 valence electrons. The number of carbonyl (C=O) groups excluding carboxylic acids is 1. The number of nitrogens with zero attached hydrogens (tertiary/aromatic N) is 2. The van der Waals surface area contributed by atoms with E-state index in [-0.39, 0.29) is 29.5 Å². The number of fused-ring (bicyclic) bond motifs is 2. The zero-order valence-corrected chi connectivity index (χ0v) is 15.9. The Morgan fingerprint density at radius 1 is 1.38 bits per heavy atom. The molecule has 9 heteroatoms. The zero-order valence-electron chi connectivity index (χ0n) is 15.9. The largest absolute Gasteiger partial charge is 0.417 e. The molecule has 4 saturated heterocycles. The fourth-order valence-electron chi connectivity index (χ4n) is 6.14. The maximum absolute atomic E-state index is 13.5. The summed E-state index contributed by atoms with van der Waals surface area (Å²) in [5.41, 5.74) is 3.44. The molecule has 7 atom stereocenters. The third-order valence-electron chi connectivity index (χ3n) is 7.48. The van der Waals surface area contributed by atoms with Crippen molar-refractivity contribution in [3.63, 3.8) is 0 Å². The van der Waals surface area contributed by atoms with Gasteiger partial charge in [-0.05, 0) is 25.1 Å². The number of ether oxygens (including phenoxy) is 2. The molecule has 4 aliphatic heterocycles. The molecule has 0 aromatic heterocycles. The van der Waals surface area contributed by atoms with Crippen molar-refractivity contribution in [1.82, 2.24) is 0 Å². The molecular formula is C20H20F3N3O3. The van der Waals surface area contributed by atoms with Crippen molar-refractivity contribution in [1.29, 1.82) is 5.26 Å². The predicted molar refractivity (Wildman–Crippen MR) is 94.3 cm³/mol. The third kappa shape index (κ3) is 2.09. The van der Waals surface area contributed by atoms with Gasteiger partial charge in [-0.2, -0.15) is 18.4 Å². The Morgan fingerprint density at radius 2 is 2.10 bits per heavy atom. The van der Waals surface area contributed by atoms with E-state index in [4.69, 9.17) is 20.5 Å². The Kier molecular flexibility index (Phi) is 3.58. The first-order valence-corrected chi connectivity index (χ1v) is 9.58. The summed E-state index contributed by atoms with van der Waals surface area (Å²) in [5.74, 6) is -1.22. The van der Waals surface area contributed by atoms with Crippen molar-refractivity contribution in [2.24, 2.45) is 23.5 Å². The van der Waals surface area contributed by atoms with E-state index in [2.05, 4.69) is 0 Å². The number of hydrogen-bond donors (Lipinski definition) is 1. The van der Waals surface area contributed by atoms with Crippen LogP contribution in [0.3, 0.4) is 0 Å². The molecule has 1 spiro atoms. The molecule has 0 saturated carbocycles. The second kappa shape index (κ2) is 5.50. The van der Waals surface area contributed by atoms with Gasteiger partial charge in [0.25, 0.3) is 0 Å².